The highest BCUT2D eigenvalue weighted by Gasteiger charge is 2.22. The van der Waals surface area contributed by atoms with Crippen molar-refractivity contribution in [2.45, 2.75) is 25.4 Å². The van der Waals surface area contributed by atoms with E-state index in [1.54, 1.807) is 0 Å². The molecule has 0 aromatic heterocycles. The Morgan fingerprint density at radius 1 is 1.36 bits per heavy atom. The smallest absolute Gasteiger partial charge is 0.224 e. The lowest BCUT2D eigenvalue weighted by molar-refractivity contribution is -0.289. The van der Waals surface area contributed by atoms with Crippen LogP contribution in [0.25, 0.3) is 0 Å². The van der Waals surface area contributed by atoms with Gasteiger partial charge >= 0.3 is 0 Å². The molecule has 5 nitrogen and oxygen atoms in total. The van der Waals surface area contributed by atoms with Crippen molar-refractivity contribution in [2.24, 2.45) is 0 Å². The Hall–Kier alpha value is 0.0800. The molecule has 0 aliphatic rings. The number of ether oxygens (including phenoxy) is 2. The molecule has 14 heavy (non-hydrogen) atoms. The van der Waals surface area contributed by atoms with Crippen molar-refractivity contribution in [3.05, 3.63) is 0 Å². The number of aliphatic hydroxyl groups is 3. The third kappa shape index (κ3) is 6.52. The molecular formula is C7H15FO5S. The van der Waals surface area contributed by atoms with E-state index < -0.39 is 25.5 Å². The number of aliphatic hydroxyl groups excluding tert-OH is 2. The summed E-state index contributed by atoms with van der Waals surface area (Å²) in [6.45, 7) is -0.691. The van der Waals surface area contributed by atoms with E-state index >= 15 is 0 Å². The molecule has 0 aromatic carbocycles. The minimum Gasteiger partial charge on any atom is -0.391 e. The van der Waals surface area contributed by atoms with Crippen molar-refractivity contribution >= 4 is 12.6 Å². The van der Waals surface area contributed by atoms with Crippen molar-refractivity contribution in [3.63, 3.8) is 0 Å². The van der Waals surface area contributed by atoms with Crippen LogP contribution in [0.2, 0.25) is 0 Å². The van der Waals surface area contributed by atoms with E-state index in [9.17, 15) is 4.39 Å². The second-order valence-electron chi connectivity index (χ2n) is 2.46. The van der Waals surface area contributed by atoms with Crippen molar-refractivity contribution in [1.82, 2.24) is 0 Å². The fourth-order valence-electron chi connectivity index (χ4n) is 0.648. The Morgan fingerprint density at radius 3 is 2.43 bits per heavy atom. The molecule has 0 heterocycles. The van der Waals surface area contributed by atoms with E-state index in [1.165, 1.54) is 0 Å². The first-order valence-corrected chi connectivity index (χ1v) is 4.74. The normalized spacial score (nSPS) is 15.9. The number of halogens is 1. The van der Waals surface area contributed by atoms with Gasteiger partial charge in [-0.1, -0.05) is 0 Å². The fourth-order valence-corrected chi connectivity index (χ4v) is 0.777. The van der Waals surface area contributed by atoms with Crippen LogP contribution >= 0.6 is 12.6 Å². The molecule has 0 spiro atoms. The summed E-state index contributed by atoms with van der Waals surface area (Å²) in [5.41, 5.74) is 0. The third-order valence-electron chi connectivity index (χ3n) is 1.25. The maximum absolute atomic E-state index is 12.5. The van der Waals surface area contributed by atoms with Gasteiger partial charge in [-0.2, -0.15) is 12.6 Å². The molecule has 0 saturated carbocycles. The summed E-state index contributed by atoms with van der Waals surface area (Å²) in [7, 11) is 0. The molecule has 3 N–H and O–H groups in total. The van der Waals surface area contributed by atoms with Gasteiger partial charge in [0.15, 0.2) is 0 Å². The van der Waals surface area contributed by atoms with E-state index in [0.29, 0.717) is 12.2 Å². The molecule has 0 aliphatic heterocycles. The maximum atomic E-state index is 12.5. The van der Waals surface area contributed by atoms with Gasteiger partial charge in [0.25, 0.3) is 0 Å². The predicted octanol–water partition coefficient (Wildman–Crippen LogP) is -0.736. The maximum Gasteiger partial charge on any atom is 0.224 e. The van der Waals surface area contributed by atoms with Gasteiger partial charge in [0.2, 0.25) is 18.9 Å². The summed E-state index contributed by atoms with van der Waals surface area (Å²) in [6.07, 6.45) is -4.85. The van der Waals surface area contributed by atoms with Gasteiger partial charge in [-0.15, -0.1) is 0 Å². The number of thiol groups is 1. The first kappa shape index (κ1) is 14.1. The Bertz CT molecular complexity index is 137. The number of hydrogen-bond acceptors (Lipinski definition) is 6. The molecule has 0 amide bonds. The fraction of sp³-hybridized carbons (Fsp3) is 1.00. The van der Waals surface area contributed by atoms with Gasteiger partial charge < -0.3 is 24.8 Å². The zero-order chi connectivity index (χ0) is 11.0. The van der Waals surface area contributed by atoms with Crippen molar-refractivity contribution in [1.29, 1.82) is 0 Å². The Kier molecular flexibility index (Phi) is 8.44. The summed E-state index contributed by atoms with van der Waals surface area (Å²) in [4.78, 5) is 0. The standard InChI is InChI=1S/C7H15FO5S/c8-5(4-9)13-7(6(10)11)12-2-1-3-14/h5-7,9-11,14H,1-4H2. The topological polar surface area (TPSA) is 79.2 Å². The second-order valence-corrected chi connectivity index (χ2v) is 2.91. The van der Waals surface area contributed by atoms with E-state index in [1.807, 2.05) is 0 Å². The van der Waals surface area contributed by atoms with E-state index in [0.717, 1.165) is 0 Å². The highest BCUT2D eigenvalue weighted by Crippen LogP contribution is 2.06. The van der Waals surface area contributed by atoms with Gasteiger partial charge in [-0.05, 0) is 12.2 Å². The van der Waals surface area contributed by atoms with E-state index in [4.69, 9.17) is 20.1 Å². The van der Waals surface area contributed by atoms with Gasteiger partial charge in [-0.3, -0.25) is 0 Å². The molecule has 0 saturated heterocycles. The lowest BCUT2D eigenvalue weighted by atomic mass is 10.5. The molecule has 0 aromatic rings. The highest BCUT2D eigenvalue weighted by atomic mass is 32.1. The molecule has 0 rings (SSSR count). The van der Waals surface area contributed by atoms with Crippen molar-refractivity contribution in [3.8, 4) is 0 Å². The number of rotatable bonds is 8. The molecule has 0 aliphatic carbocycles. The summed E-state index contributed by atoms with van der Waals surface area (Å²) in [5.74, 6) is 0.563. The summed E-state index contributed by atoms with van der Waals surface area (Å²) >= 11 is 3.90. The van der Waals surface area contributed by atoms with Gasteiger partial charge in [0.05, 0.1) is 13.2 Å². The molecule has 86 valence electrons. The van der Waals surface area contributed by atoms with E-state index in [2.05, 4.69) is 17.4 Å². The summed E-state index contributed by atoms with van der Waals surface area (Å²) in [6, 6.07) is 0. The molecule has 2 unspecified atom stereocenters. The first-order chi connectivity index (χ1) is 6.61. The monoisotopic (exact) mass is 230 g/mol. The number of alkyl halides is 1. The van der Waals surface area contributed by atoms with Crippen LogP contribution in [0.3, 0.4) is 0 Å². The first-order valence-electron chi connectivity index (χ1n) is 4.10. The zero-order valence-corrected chi connectivity index (χ0v) is 8.44. The quantitative estimate of drug-likeness (QED) is 0.251. The van der Waals surface area contributed by atoms with Crippen LogP contribution in [0.1, 0.15) is 6.42 Å². The predicted molar refractivity (Wildman–Crippen MR) is 49.5 cm³/mol. The minimum atomic E-state index is -1.99. The van der Waals surface area contributed by atoms with E-state index in [-0.39, 0.29) is 6.61 Å². The van der Waals surface area contributed by atoms with Crippen molar-refractivity contribution in [2.75, 3.05) is 19.0 Å². The highest BCUT2D eigenvalue weighted by molar-refractivity contribution is 7.80. The molecule has 0 bridgehead atoms. The summed E-state index contributed by atoms with van der Waals surface area (Å²) < 4.78 is 21.6. The average molecular weight is 230 g/mol. The zero-order valence-electron chi connectivity index (χ0n) is 7.54. The summed E-state index contributed by atoms with van der Waals surface area (Å²) in [5, 5.41) is 25.7. The number of hydrogen-bond donors (Lipinski definition) is 4. The van der Waals surface area contributed by atoms with Crippen LogP contribution in [0.5, 0.6) is 0 Å². The van der Waals surface area contributed by atoms with Crippen LogP contribution in [0, 0.1) is 0 Å². The SMILES string of the molecule is OCC(F)OC(OCCCS)C(O)O. The molecule has 0 radical (unpaired) electrons. The molecule has 2 atom stereocenters. The Morgan fingerprint density at radius 2 is 2.00 bits per heavy atom. The second kappa shape index (κ2) is 8.39. The molecular weight excluding hydrogens is 215 g/mol. The van der Waals surface area contributed by atoms with Crippen LogP contribution in [-0.4, -0.2) is 53.2 Å². The average Bonchev–Trinajstić information content (AvgIpc) is 2.16. The third-order valence-corrected chi connectivity index (χ3v) is 1.57. The minimum absolute atomic E-state index is 0.171. The largest absolute Gasteiger partial charge is 0.391 e. The molecule has 0 fully saturated rings. The van der Waals surface area contributed by atoms with Crippen LogP contribution in [0.4, 0.5) is 4.39 Å². The molecule has 7 heteroatoms. The lowest BCUT2D eigenvalue weighted by Crippen LogP contribution is -2.35. The van der Waals surface area contributed by atoms with Crippen molar-refractivity contribution < 1.29 is 29.2 Å². The Labute approximate surface area is 86.9 Å². The Balaban J connectivity index is 3.77. The van der Waals surface area contributed by atoms with Crippen LogP contribution < -0.4 is 0 Å². The lowest BCUT2D eigenvalue weighted by Gasteiger charge is -2.21. The van der Waals surface area contributed by atoms with Gasteiger partial charge in [0, 0.05) is 0 Å². The van der Waals surface area contributed by atoms with Crippen LogP contribution in [0.15, 0.2) is 0 Å². The van der Waals surface area contributed by atoms with Crippen LogP contribution in [-0.2, 0) is 9.47 Å². The van der Waals surface area contributed by atoms with Gasteiger partial charge in [-0.25, -0.2) is 4.39 Å². The van der Waals surface area contributed by atoms with Gasteiger partial charge in [0.1, 0.15) is 0 Å².